The van der Waals surface area contributed by atoms with Crippen LogP contribution < -0.4 is 0 Å². The van der Waals surface area contributed by atoms with Crippen LogP contribution in [-0.4, -0.2) is 96.2 Å². The minimum absolute atomic E-state index is 0.0684. The van der Waals surface area contributed by atoms with Crippen LogP contribution in [0.15, 0.2) is 24.3 Å². The lowest BCUT2D eigenvalue weighted by Gasteiger charge is -2.38. The summed E-state index contributed by atoms with van der Waals surface area (Å²) in [5, 5.41) is 0. The van der Waals surface area contributed by atoms with E-state index < -0.39 is 0 Å². The van der Waals surface area contributed by atoms with Gasteiger partial charge in [-0.25, -0.2) is 4.39 Å². The molecule has 0 spiro atoms. The first kappa shape index (κ1) is 23.2. The Kier molecular flexibility index (Phi) is 8.01. The number of carbonyl (C=O) groups excluding carboxylic acids is 3. The molecular weight excluding hydrogens is 399 g/mol. The van der Waals surface area contributed by atoms with E-state index in [0.717, 1.165) is 13.1 Å². The Labute approximate surface area is 183 Å². The van der Waals surface area contributed by atoms with Gasteiger partial charge in [0.1, 0.15) is 5.82 Å². The fraction of sp³-hybridized carbons (Fsp3) is 0.609. The standard InChI is InChI=1S/C23H33FN4O3/c1-3-26(4-2)21(29)17-25-13-15-28(16-14-25)23(31)19-9-11-27(12-10-19)22(30)18-5-7-20(24)8-6-18/h5-8,19H,3-4,9-17H2,1-2H3. The van der Waals surface area contributed by atoms with Crippen molar-refractivity contribution in [2.45, 2.75) is 26.7 Å². The molecule has 0 atom stereocenters. The quantitative estimate of drug-likeness (QED) is 0.686. The van der Waals surface area contributed by atoms with Crippen LogP contribution in [0.25, 0.3) is 0 Å². The van der Waals surface area contributed by atoms with Gasteiger partial charge >= 0.3 is 0 Å². The van der Waals surface area contributed by atoms with Gasteiger partial charge in [0.05, 0.1) is 6.54 Å². The van der Waals surface area contributed by atoms with Crippen LogP contribution in [0.5, 0.6) is 0 Å². The second kappa shape index (κ2) is 10.7. The molecular formula is C23H33FN4O3. The molecule has 3 amide bonds. The predicted octanol–water partition coefficient (Wildman–Crippen LogP) is 1.69. The van der Waals surface area contributed by atoms with Gasteiger partial charge in [-0.15, -0.1) is 0 Å². The minimum Gasteiger partial charge on any atom is -0.342 e. The van der Waals surface area contributed by atoms with Crippen LogP contribution in [0.1, 0.15) is 37.0 Å². The molecule has 1 aromatic rings. The van der Waals surface area contributed by atoms with E-state index in [0.29, 0.717) is 64.2 Å². The number of piperazine rings is 1. The van der Waals surface area contributed by atoms with E-state index in [1.54, 1.807) is 4.90 Å². The summed E-state index contributed by atoms with van der Waals surface area (Å²) >= 11 is 0. The average Bonchev–Trinajstić information content (AvgIpc) is 2.80. The number of nitrogens with zero attached hydrogens (tertiary/aromatic N) is 4. The van der Waals surface area contributed by atoms with Crippen molar-refractivity contribution in [3.63, 3.8) is 0 Å². The molecule has 8 heteroatoms. The first-order chi connectivity index (χ1) is 14.9. The highest BCUT2D eigenvalue weighted by Gasteiger charge is 2.32. The van der Waals surface area contributed by atoms with Gasteiger partial charge < -0.3 is 14.7 Å². The van der Waals surface area contributed by atoms with Gasteiger partial charge in [-0.3, -0.25) is 19.3 Å². The van der Waals surface area contributed by atoms with Crippen molar-refractivity contribution in [2.24, 2.45) is 5.92 Å². The zero-order chi connectivity index (χ0) is 22.4. The first-order valence-electron chi connectivity index (χ1n) is 11.3. The lowest BCUT2D eigenvalue weighted by atomic mass is 9.94. The molecule has 0 unspecified atom stereocenters. The summed E-state index contributed by atoms with van der Waals surface area (Å²) in [6.07, 6.45) is 1.29. The minimum atomic E-state index is -0.363. The Morgan fingerprint density at radius 2 is 1.48 bits per heavy atom. The Morgan fingerprint density at radius 1 is 0.903 bits per heavy atom. The van der Waals surface area contributed by atoms with Crippen molar-refractivity contribution in [2.75, 3.05) is 58.9 Å². The maximum Gasteiger partial charge on any atom is 0.253 e. The third-order valence-electron chi connectivity index (χ3n) is 6.38. The largest absolute Gasteiger partial charge is 0.342 e. The van der Waals surface area contributed by atoms with Gasteiger partial charge in [-0.05, 0) is 51.0 Å². The number of hydrogen-bond donors (Lipinski definition) is 0. The molecule has 2 aliphatic rings. The van der Waals surface area contributed by atoms with Crippen molar-refractivity contribution in [1.29, 1.82) is 0 Å². The summed E-state index contributed by atoms with van der Waals surface area (Å²) in [4.78, 5) is 45.4. The number of benzene rings is 1. The van der Waals surface area contributed by atoms with E-state index >= 15 is 0 Å². The normalized spacial score (nSPS) is 18.2. The first-order valence-corrected chi connectivity index (χ1v) is 11.3. The summed E-state index contributed by atoms with van der Waals surface area (Å²) in [5.74, 6) is -0.247. The lowest BCUT2D eigenvalue weighted by molar-refractivity contribution is -0.139. The van der Waals surface area contributed by atoms with E-state index in [4.69, 9.17) is 0 Å². The number of piperidine rings is 1. The molecule has 1 aromatic carbocycles. The summed E-state index contributed by atoms with van der Waals surface area (Å²) in [7, 11) is 0. The number of rotatable bonds is 6. The van der Waals surface area contributed by atoms with Crippen LogP contribution in [0.3, 0.4) is 0 Å². The zero-order valence-corrected chi connectivity index (χ0v) is 18.6. The third-order valence-corrected chi connectivity index (χ3v) is 6.38. The Bertz CT molecular complexity index is 766. The molecule has 2 aliphatic heterocycles. The van der Waals surface area contributed by atoms with E-state index in [1.165, 1.54) is 24.3 Å². The highest BCUT2D eigenvalue weighted by atomic mass is 19.1. The van der Waals surface area contributed by atoms with Crippen LogP contribution in [0, 0.1) is 11.7 Å². The van der Waals surface area contributed by atoms with Gasteiger partial charge in [0.25, 0.3) is 5.91 Å². The second-order valence-corrected chi connectivity index (χ2v) is 8.24. The van der Waals surface area contributed by atoms with Crippen molar-refractivity contribution < 1.29 is 18.8 Å². The SMILES string of the molecule is CCN(CC)C(=O)CN1CCN(C(=O)C2CCN(C(=O)c3ccc(F)cc3)CC2)CC1. The highest BCUT2D eigenvalue weighted by Crippen LogP contribution is 2.22. The molecule has 0 radical (unpaired) electrons. The van der Waals surface area contributed by atoms with E-state index in [-0.39, 0.29) is 29.5 Å². The number of halogens is 1. The number of hydrogen-bond acceptors (Lipinski definition) is 4. The molecule has 0 saturated carbocycles. The van der Waals surface area contributed by atoms with Gasteiger partial charge in [-0.1, -0.05) is 0 Å². The molecule has 170 valence electrons. The Balaban J connectivity index is 1.43. The molecule has 3 rings (SSSR count). The van der Waals surface area contributed by atoms with Crippen LogP contribution in [0.2, 0.25) is 0 Å². The van der Waals surface area contributed by atoms with Crippen LogP contribution >= 0.6 is 0 Å². The molecule has 2 saturated heterocycles. The van der Waals surface area contributed by atoms with Gasteiger partial charge in [-0.2, -0.15) is 0 Å². The number of amides is 3. The highest BCUT2D eigenvalue weighted by molar-refractivity contribution is 5.94. The fourth-order valence-electron chi connectivity index (χ4n) is 4.36. The Hall–Kier alpha value is -2.48. The van der Waals surface area contributed by atoms with Crippen molar-refractivity contribution in [3.05, 3.63) is 35.6 Å². The van der Waals surface area contributed by atoms with E-state index in [1.807, 2.05) is 23.6 Å². The van der Waals surface area contributed by atoms with Crippen molar-refractivity contribution >= 4 is 17.7 Å². The number of likely N-dealkylation sites (N-methyl/N-ethyl adjacent to an activating group) is 1. The fourth-order valence-corrected chi connectivity index (χ4v) is 4.36. The maximum absolute atomic E-state index is 13.1. The topological polar surface area (TPSA) is 64.2 Å². The molecule has 7 nitrogen and oxygen atoms in total. The summed E-state index contributed by atoms with van der Waals surface area (Å²) in [5.41, 5.74) is 0.474. The third kappa shape index (κ3) is 5.81. The van der Waals surface area contributed by atoms with E-state index in [2.05, 4.69) is 4.90 Å². The molecule has 0 aliphatic carbocycles. The summed E-state index contributed by atoms with van der Waals surface area (Å²) < 4.78 is 13.1. The smallest absolute Gasteiger partial charge is 0.253 e. The molecule has 0 N–H and O–H groups in total. The van der Waals surface area contributed by atoms with Crippen LogP contribution in [-0.2, 0) is 9.59 Å². The monoisotopic (exact) mass is 432 g/mol. The average molecular weight is 433 g/mol. The maximum atomic E-state index is 13.1. The molecule has 0 bridgehead atoms. The summed E-state index contributed by atoms with van der Waals surface area (Å²) in [6.45, 7) is 9.57. The van der Waals surface area contributed by atoms with Gasteiger partial charge in [0, 0.05) is 63.8 Å². The lowest BCUT2D eigenvalue weighted by Crippen LogP contribution is -2.53. The number of likely N-dealkylation sites (tertiary alicyclic amines) is 1. The van der Waals surface area contributed by atoms with Crippen LogP contribution in [0.4, 0.5) is 4.39 Å². The molecule has 2 fully saturated rings. The van der Waals surface area contributed by atoms with Gasteiger partial charge in [0.15, 0.2) is 0 Å². The zero-order valence-electron chi connectivity index (χ0n) is 18.6. The van der Waals surface area contributed by atoms with Gasteiger partial charge in [0.2, 0.25) is 11.8 Å². The second-order valence-electron chi connectivity index (χ2n) is 8.24. The molecule has 2 heterocycles. The van der Waals surface area contributed by atoms with E-state index in [9.17, 15) is 18.8 Å². The Morgan fingerprint density at radius 3 is 2.03 bits per heavy atom. The molecule has 0 aromatic heterocycles. The molecule has 31 heavy (non-hydrogen) atoms. The summed E-state index contributed by atoms with van der Waals surface area (Å²) in [6, 6.07) is 5.58. The van der Waals surface area contributed by atoms with Crippen molar-refractivity contribution in [1.82, 2.24) is 19.6 Å². The predicted molar refractivity (Wildman–Crippen MR) is 116 cm³/mol. The number of carbonyl (C=O) groups is 3. The van der Waals surface area contributed by atoms with Crippen molar-refractivity contribution in [3.8, 4) is 0 Å².